The van der Waals surface area contributed by atoms with Crippen LogP contribution in [0.15, 0.2) is 18.2 Å². The summed E-state index contributed by atoms with van der Waals surface area (Å²) in [6.45, 7) is 5.87. The van der Waals surface area contributed by atoms with Crippen LogP contribution in [0, 0.1) is 12.8 Å². The molecule has 3 N–H and O–H groups in total. The molecule has 110 valence electrons. The molecule has 1 aromatic carbocycles. The zero-order chi connectivity index (χ0) is 15.3. The fourth-order valence-electron chi connectivity index (χ4n) is 1.85. The number of carbonyl (C=O) groups is 2. The first kappa shape index (κ1) is 16.5. The normalized spacial score (nSPS) is 20.8. The Kier molecular flexibility index (Phi) is 5.98. The second-order valence-corrected chi connectivity index (χ2v) is 4.60. The van der Waals surface area contributed by atoms with Gasteiger partial charge in [-0.15, -0.1) is 0 Å². The van der Waals surface area contributed by atoms with Gasteiger partial charge in [0.2, 0.25) is 11.8 Å². The van der Waals surface area contributed by atoms with Gasteiger partial charge in [0.15, 0.2) is 0 Å². The minimum Gasteiger partial charge on any atom is -0.390 e. The van der Waals surface area contributed by atoms with Crippen LogP contribution in [0.1, 0.15) is 19.4 Å². The largest absolute Gasteiger partial charge is 0.390 e. The monoisotopic (exact) mass is 298 g/mol. The first-order chi connectivity index (χ1) is 9.50. The maximum Gasteiger partial charge on any atom is 0.239 e. The molecular formula is C14H19ClN2O3. The topological polar surface area (TPSA) is 78.4 Å². The van der Waals surface area contributed by atoms with E-state index in [4.69, 9.17) is 11.6 Å². The minimum absolute atomic E-state index is 0.103. The van der Waals surface area contributed by atoms with E-state index in [0.717, 1.165) is 5.56 Å². The Hall–Kier alpha value is -1.59. The van der Waals surface area contributed by atoms with Crippen LogP contribution in [-0.2, 0) is 9.59 Å². The van der Waals surface area contributed by atoms with E-state index in [1.54, 1.807) is 25.1 Å². The van der Waals surface area contributed by atoms with Crippen molar-refractivity contribution < 1.29 is 14.7 Å². The van der Waals surface area contributed by atoms with Gasteiger partial charge in [0.1, 0.15) is 5.92 Å². The smallest absolute Gasteiger partial charge is 0.239 e. The zero-order valence-corrected chi connectivity index (χ0v) is 12.5. The van der Waals surface area contributed by atoms with Crippen LogP contribution in [-0.4, -0.2) is 29.6 Å². The molecule has 0 saturated carbocycles. The third-order valence-electron chi connectivity index (χ3n) is 2.96. The van der Waals surface area contributed by atoms with Gasteiger partial charge < -0.3 is 15.7 Å². The fraction of sp³-hybridized carbons (Fsp3) is 0.429. The predicted molar refractivity (Wildman–Crippen MR) is 78.7 cm³/mol. The van der Waals surface area contributed by atoms with Gasteiger partial charge >= 0.3 is 0 Å². The molecule has 0 bridgehead atoms. The number of β-amino-alcohol motifs (C(OH)–C–C–N with tert-alkyl or cyclic N) is 1. The lowest BCUT2D eigenvalue weighted by atomic mass is 10.0. The molecule has 5 nitrogen and oxygen atoms in total. The molecule has 1 heterocycles. The van der Waals surface area contributed by atoms with Crippen LogP contribution >= 0.6 is 11.6 Å². The van der Waals surface area contributed by atoms with E-state index in [1.165, 1.54) is 0 Å². The number of aliphatic hydroxyl groups excluding tert-OH is 1. The average molecular weight is 299 g/mol. The molecule has 0 aromatic heterocycles. The highest BCUT2D eigenvalue weighted by molar-refractivity contribution is 6.31. The Balaban J connectivity index is 0.000000956. The molecule has 2 unspecified atom stereocenters. The number of hydrogen-bond donors (Lipinski definition) is 3. The lowest BCUT2D eigenvalue weighted by Crippen LogP contribution is -2.34. The van der Waals surface area contributed by atoms with Gasteiger partial charge in [0.25, 0.3) is 0 Å². The summed E-state index contributed by atoms with van der Waals surface area (Å²) >= 11 is 5.93. The van der Waals surface area contributed by atoms with Crippen LogP contribution in [0.25, 0.3) is 0 Å². The van der Waals surface area contributed by atoms with Gasteiger partial charge in [-0.1, -0.05) is 31.5 Å². The summed E-state index contributed by atoms with van der Waals surface area (Å²) in [5, 5.41) is 15.1. The molecule has 1 fully saturated rings. The fourth-order valence-corrected chi connectivity index (χ4v) is 2.03. The van der Waals surface area contributed by atoms with Crippen LogP contribution in [0.4, 0.5) is 5.69 Å². The van der Waals surface area contributed by atoms with Crippen molar-refractivity contribution in [3.63, 3.8) is 0 Å². The van der Waals surface area contributed by atoms with E-state index in [2.05, 4.69) is 10.6 Å². The molecule has 1 aliphatic rings. The maximum absolute atomic E-state index is 11.9. The molecular weight excluding hydrogens is 280 g/mol. The summed E-state index contributed by atoms with van der Waals surface area (Å²) in [5.74, 6) is -2.05. The first-order valence-corrected chi connectivity index (χ1v) is 6.90. The molecule has 1 saturated heterocycles. The molecule has 1 aromatic rings. The summed E-state index contributed by atoms with van der Waals surface area (Å²) < 4.78 is 0. The SMILES string of the molecule is CC.Cc1c(Cl)cccc1NC(=O)C1C(=O)NCC1O. The number of hydrogen-bond acceptors (Lipinski definition) is 3. The lowest BCUT2D eigenvalue weighted by Gasteiger charge is -2.14. The molecule has 0 radical (unpaired) electrons. The van der Waals surface area contributed by atoms with Gasteiger partial charge in [-0.05, 0) is 24.6 Å². The number of nitrogens with one attached hydrogen (secondary N) is 2. The van der Waals surface area contributed by atoms with Crippen LogP contribution in [0.5, 0.6) is 0 Å². The summed E-state index contributed by atoms with van der Waals surface area (Å²) in [5.41, 5.74) is 1.26. The summed E-state index contributed by atoms with van der Waals surface area (Å²) in [7, 11) is 0. The van der Waals surface area contributed by atoms with Gasteiger partial charge in [0, 0.05) is 17.3 Å². The highest BCUT2D eigenvalue weighted by Crippen LogP contribution is 2.24. The van der Waals surface area contributed by atoms with Crippen molar-refractivity contribution in [3.05, 3.63) is 28.8 Å². The van der Waals surface area contributed by atoms with Crippen molar-refractivity contribution in [2.24, 2.45) is 5.92 Å². The third kappa shape index (κ3) is 3.49. The van der Waals surface area contributed by atoms with Crippen molar-refractivity contribution in [2.45, 2.75) is 26.9 Å². The number of benzene rings is 1. The Morgan fingerprint density at radius 1 is 1.45 bits per heavy atom. The van der Waals surface area contributed by atoms with Crippen molar-refractivity contribution in [1.82, 2.24) is 5.32 Å². The quantitative estimate of drug-likeness (QED) is 0.728. The zero-order valence-electron chi connectivity index (χ0n) is 11.7. The number of carbonyl (C=O) groups excluding carboxylic acids is 2. The Morgan fingerprint density at radius 2 is 2.10 bits per heavy atom. The number of rotatable bonds is 2. The highest BCUT2D eigenvalue weighted by atomic mass is 35.5. The van der Waals surface area contributed by atoms with Crippen LogP contribution in [0.2, 0.25) is 5.02 Å². The van der Waals surface area contributed by atoms with E-state index in [9.17, 15) is 14.7 Å². The molecule has 6 heteroatoms. The number of amides is 2. The number of halogens is 1. The molecule has 20 heavy (non-hydrogen) atoms. The maximum atomic E-state index is 11.9. The van der Waals surface area contributed by atoms with Crippen molar-refractivity contribution in [3.8, 4) is 0 Å². The van der Waals surface area contributed by atoms with Crippen molar-refractivity contribution in [2.75, 3.05) is 11.9 Å². The van der Waals surface area contributed by atoms with Gasteiger partial charge in [-0.25, -0.2) is 0 Å². The first-order valence-electron chi connectivity index (χ1n) is 6.52. The van der Waals surface area contributed by atoms with E-state index in [1.807, 2.05) is 13.8 Å². The molecule has 2 amide bonds. The Labute approximate surface area is 123 Å². The highest BCUT2D eigenvalue weighted by Gasteiger charge is 2.39. The van der Waals surface area contributed by atoms with Crippen molar-refractivity contribution in [1.29, 1.82) is 0 Å². The summed E-state index contributed by atoms with van der Waals surface area (Å²) in [6, 6.07) is 5.11. The minimum atomic E-state index is -1.07. The molecule has 0 aliphatic carbocycles. The second kappa shape index (κ2) is 7.26. The molecule has 2 rings (SSSR count). The lowest BCUT2D eigenvalue weighted by molar-refractivity contribution is -0.132. The van der Waals surface area contributed by atoms with Gasteiger partial charge in [-0.3, -0.25) is 9.59 Å². The standard InChI is InChI=1S/C12H13ClN2O3.C2H6/c1-6-7(13)3-2-4-8(6)15-12(18)10-9(16)5-14-11(10)17;1-2/h2-4,9-10,16H,5H2,1H3,(H,14,17)(H,15,18);1-2H3. The van der Waals surface area contributed by atoms with Gasteiger partial charge in [-0.2, -0.15) is 0 Å². The van der Waals surface area contributed by atoms with Crippen molar-refractivity contribution >= 4 is 29.1 Å². The molecule has 2 atom stereocenters. The van der Waals surface area contributed by atoms with Crippen LogP contribution in [0.3, 0.4) is 0 Å². The summed E-state index contributed by atoms with van der Waals surface area (Å²) in [6.07, 6.45) is -0.989. The predicted octanol–water partition coefficient (Wildman–Crippen LogP) is 1.72. The number of aliphatic hydroxyl groups is 1. The second-order valence-electron chi connectivity index (χ2n) is 4.19. The average Bonchev–Trinajstić information content (AvgIpc) is 2.77. The van der Waals surface area contributed by atoms with E-state index in [-0.39, 0.29) is 6.54 Å². The Morgan fingerprint density at radius 3 is 2.65 bits per heavy atom. The van der Waals surface area contributed by atoms with Gasteiger partial charge in [0.05, 0.1) is 6.10 Å². The Bertz CT molecular complexity index is 505. The molecule has 0 spiro atoms. The molecule has 1 aliphatic heterocycles. The van der Waals surface area contributed by atoms with Crippen LogP contribution < -0.4 is 10.6 Å². The number of anilines is 1. The van der Waals surface area contributed by atoms with E-state index in [0.29, 0.717) is 10.7 Å². The third-order valence-corrected chi connectivity index (χ3v) is 3.37. The summed E-state index contributed by atoms with van der Waals surface area (Å²) in [4.78, 5) is 23.3. The van der Waals surface area contributed by atoms with E-state index < -0.39 is 23.8 Å². The van der Waals surface area contributed by atoms with E-state index >= 15 is 0 Å².